The van der Waals surface area contributed by atoms with Crippen LogP contribution in [0.4, 0.5) is 10.1 Å². The predicted octanol–water partition coefficient (Wildman–Crippen LogP) is 2.58. The molecule has 0 unspecified atom stereocenters. The molecule has 0 fully saturated rings. The van der Waals surface area contributed by atoms with Crippen molar-refractivity contribution in [3.05, 3.63) is 59.7 Å². The van der Waals surface area contributed by atoms with Crippen LogP contribution in [0, 0.1) is 5.82 Å². The Morgan fingerprint density at radius 1 is 1.35 bits per heavy atom. The van der Waals surface area contributed by atoms with E-state index in [0.717, 1.165) is 5.56 Å². The monoisotopic (exact) mass is 273 g/mol. The van der Waals surface area contributed by atoms with Gasteiger partial charge in [0.1, 0.15) is 5.82 Å². The summed E-state index contributed by atoms with van der Waals surface area (Å²) >= 11 is 0. The smallest absolute Gasteiger partial charge is 0.253 e. The fraction of sp³-hybridized carbons (Fsp3) is 0.200. The van der Waals surface area contributed by atoms with Crippen molar-refractivity contribution in [2.24, 2.45) is 0 Å². The fourth-order valence-electron chi connectivity index (χ4n) is 1.85. The number of hydrogen-bond donors (Lipinski definition) is 2. The number of nitrogens with zero attached hydrogens (tertiary/aromatic N) is 1. The van der Waals surface area contributed by atoms with Gasteiger partial charge in [-0.3, -0.25) is 9.78 Å². The number of amides is 1. The quantitative estimate of drug-likeness (QED) is 0.880. The van der Waals surface area contributed by atoms with Gasteiger partial charge >= 0.3 is 0 Å². The van der Waals surface area contributed by atoms with E-state index in [1.807, 2.05) is 6.92 Å². The highest BCUT2D eigenvalue weighted by Crippen LogP contribution is 2.13. The molecule has 0 saturated carbocycles. The predicted molar refractivity (Wildman–Crippen MR) is 76.0 cm³/mol. The van der Waals surface area contributed by atoms with Gasteiger partial charge < -0.3 is 10.6 Å². The first-order chi connectivity index (χ1) is 9.70. The van der Waals surface area contributed by atoms with Crippen LogP contribution in [0.2, 0.25) is 0 Å². The first-order valence-electron chi connectivity index (χ1n) is 6.41. The van der Waals surface area contributed by atoms with Gasteiger partial charge in [-0.15, -0.1) is 0 Å². The van der Waals surface area contributed by atoms with Crippen molar-refractivity contribution >= 4 is 11.6 Å². The molecule has 0 spiro atoms. The van der Waals surface area contributed by atoms with Gasteiger partial charge in [-0.25, -0.2) is 4.39 Å². The van der Waals surface area contributed by atoms with Gasteiger partial charge in [0.2, 0.25) is 0 Å². The molecule has 1 amide bonds. The van der Waals surface area contributed by atoms with Crippen LogP contribution in [0.15, 0.2) is 42.7 Å². The van der Waals surface area contributed by atoms with Crippen molar-refractivity contribution in [2.75, 3.05) is 11.9 Å². The van der Waals surface area contributed by atoms with E-state index in [1.54, 1.807) is 30.6 Å². The summed E-state index contributed by atoms with van der Waals surface area (Å²) in [6.45, 7) is 2.93. The van der Waals surface area contributed by atoms with Crippen LogP contribution in [0.25, 0.3) is 0 Å². The van der Waals surface area contributed by atoms with Crippen molar-refractivity contribution in [2.45, 2.75) is 13.5 Å². The molecule has 0 bridgehead atoms. The van der Waals surface area contributed by atoms with Crippen molar-refractivity contribution < 1.29 is 9.18 Å². The van der Waals surface area contributed by atoms with Crippen molar-refractivity contribution in [3.8, 4) is 0 Å². The van der Waals surface area contributed by atoms with Crippen molar-refractivity contribution in [1.29, 1.82) is 0 Å². The zero-order valence-corrected chi connectivity index (χ0v) is 11.2. The minimum Gasteiger partial charge on any atom is -0.383 e. The van der Waals surface area contributed by atoms with E-state index in [2.05, 4.69) is 15.6 Å². The molecule has 0 atom stereocenters. The maximum atomic E-state index is 13.0. The van der Waals surface area contributed by atoms with E-state index in [0.29, 0.717) is 17.8 Å². The number of carbonyl (C=O) groups excluding carboxylic acids is 1. The normalized spacial score (nSPS) is 10.1. The molecule has 1 aromatic heterocycles. The molecule has 104 valence electrons. The van der Waals surface area contributed by atoms with E-state index in [-0.39, 0.29) is 18.3 Å². The number of halogens is 1. The molecule has 2 aromatic rings. The molecule has 4 nitrogen and oxygen atoms in total. The summed E-state index contributed by atoms with van der Waals surface area (Å²) in [6, 6.07) is 7.81. The number of carbonyl (C=O) groups is 1. The molecule has 0 saturated heterocycles. The minimum atomic E-state index is -0.311. The SMILES string of the molecule is CCNc1cnccc1C(=O)NCc1cccc(F)c1. The molecular weight excluding hydrogens is 257 g/mol. The molecule has 2 N–H and O–H groups in total. The topological polar surface area (TPSA) is 54.0 Å². The molecule has 1 aromatic carbocycles. The fourth-order valence-corrected chi connectivity index (χ4v) is 1.85. The second-order valence-electron chi connectivity index (χ2n) is 4.26. The maximum absolute atomic E-state index is 13.0. The lowest BCUT2D eigenvalue weighted by Crippen LogP contribution is -2.24. The Balaban J connectivity index is 2.05. The summed E-state index contributed by atoms with van der Waals surface area (Å²) in [5, 5.41) is 5.85. The molecule has 5 heteroatoms. The highest BCUT2D eigenvalue weighted by atomic mass is 19.1. The minimum absolute atomic E-state index is 0.215. The van der Waals surface area contributed by atoms with E-state index in [9.17, 15) is 9.18 Å². The van der Waals surface area contributed by atoms with Gasteiger partial charge in [-0.05, 0) is 30.7 Å². The van der Waals surface area contributed by atoms with Crippen LogP contribution < -0.4 is 10.6 Å². The lowest BCUT2D eigenvalue weighted by Gasteiger charge is -2.10. The second kappa shape index (κ2) is 6.65. The van der Waals surface area contributed by atoms with E-state index >= 15 is 0 Å². The van der Waals surface area contributed by atoms with Gasteiger partial charge in [0, 0.05) is 19.3 Å². The van der Waals surface area contributed by atoms with Crippen LogP contribution in [0.5, 0.6) is 0 Å². The largest absolute Gasteiger partial charge is 0.383 e. The second-order valence-corrected chi connectivity index (χ2v) is 4.26. The first kappa shape index (κ1) is 14.0. The number of hydrogen-bond acceptors (Lipinski definition) is 3. The third-order valence-corrected chi connectivity index (χ3v) is 2.78. The molecule has 2 rings (SSSR count). The first-order valence-corrected chi connectivity index (χ1v) is 6.41. The number of rotatable bonds is 5. The van der Waals surface area contributed by atoms with Gasteiger partial charge in [-0.1, -0.05) is 12.1 Å². The molecule has 0 radical (unpaired) electrons. The van der Waals surface area contributed by atoms with Gasteiger partial charge in [0.25, 0.3) is 5.91 Å². The number of aromatic nitrogens is 1. The summed E-state index contributed by atoms with van der Waals surface area (Å²) in [4.78, 5) is 16.1. The van der Waals surface area contributed by atoms with Crippen LogP contribution in [0.1, 0.15) is 22.8 Å². The van der Waals surface area contributed by atoms with Crippen LogP contribution in [0.3, 0.4) is 0 Å². The Hall–Kier alpha value is -2.43. The zero-order valence-electron chi connectivity index (χ0n) is 11.2. The number of benzene rings is 1. The average Bonchev–Trinajstić information content (AvgIpc) is 2.46. The van der Waals surface area contributed by atoms with Crippen LogP contribution in [-0.2, 0) is 6.54 Å². The summed E-state index contributed by atoms with van der Waals surface area (Å²) in [6.07, 6.45) is 3.18. The summed E-state index contributed by atoms with van der Waals surface area (Å²) < 4.78 is 13.0. The number of anilines is 1. The summed E-state index contributed by atoms with van der Waals surface area (Å²) in [5.41, 5.74) is 1.93. The summed E-state index contributed by atoms with van der Waals surface area (Å²) in [7, 11) is 0. The zero-order chi connectivity index (χ0) is 14.4. The van der Waals surface area contributed by atoms with Gasteiger partial charge in [0.15, 0.2) is 0 Å². The molecule has 0 aliphatic carbocycles. The molecule has 0 aliphatic rings. The van der Waals surface area contributed by atoms with Gasteiger partial charge in [-0.2, -0.15) is 0 Å². The summed E-state index contributed by atoms with van der Waals surface area (Å²) in [5.74, 6) is -0.526. The molecular formula is C15H16FN3O. The van der Waals surface area contributed by atoms with E-state index in [1.165, 1.54) is 12.1 Å². The highest BCUT2D eigenvalue weighted by molar-refractivity contribution is 5.99. The lowest BCUT2D eigenvalue weighted by atomic mass is 10.2. The van der Waals surface area contributed by atoms with E-state index in [4.69, 9.17) is 0 Å². The third-order valence-electron chi connectivity index (χ3n) is 2.78. The maximum Gasteiger partial charge on any atom is 0.253 e. The molecule has 1 heterocycles. The Morgan fingerprint density at radius 2 is 2.20 bits per heavy atom. The van der Waals surface area contributed by atoms with Crippen LogP contribution in [-0.4, -0.2) is 17.4 Å². The third kappa shape index (κ3) is 3.54. The molecule has 20 heavy (non-hydrogen) atoms. The lowest BCUT2D eigenvalue weighted by molar-refractivity contribution is 0.0951. The number of nitrogens with one attached hydrogen (secondary N) is 2. The molecule has 0 aliphatic heterocycles. The standard InChI is InChI=1S/C15H16FN3O/c1-2-18-14-10-17-7-6-13(14)15(20)19-9-11-4-3-5-12(16)8-11/h3-8,10,18H,2,9H2,1H3,(H,19,20). The van der Waals surface area contributed by atoms with Crippen molar-refractivity contribution in [1.82, 2.24) is 10.3 Å². The van der Waals surface area contributed by atoms with Gasteiger partial charge in [0.05, 0.1) is 17.4 Å². The average molecular weight is 273 g/mol. The Morgan fingerprint density at radius 3 is 2.95 bits per heavy atom. The Labute approximate surface area is 117 Å². The van der Waals surface area contributed by atoms with Crippen LogP contribution >= 0.6 is 0 Å². The Kier molecular flexibility index (Phi) is 4.65. The Bertz CT molecular complexity index is 601. The highest BCUT2D eigenvalue weighted by Gasteiger charge is 2.10. The van der Waals surface area contributed by atoms with Crippen molar-refractivity contribution in [3.63, 3.8) is 0 Å². The number of pyridine rings is 1. The van der Waals surface area contributed by atoms with E-state index < -0.39 is 0 Å².